The Hall–Kier alpha value is -3.46. The molecule has 1 aromatic heterocycles. The minimum atomic E-state index is -0.619. The molecule has 4 aromatic rings. The molecule has 4 rings (SSSR count). The zero-order valence-corrected chi connectivity index (χ0v) is 20.5. The number of carbonyl (C=O) groups excluding carboxylic acids is 2. The zero-order chi connectivity index (χ0) is 23.5. The fourth-order valence-electron chi connectivity index (χ4n) is 3.80. The Morgan fingerprint density at radius 1 is 1.00 bits per heavy atom. The summed E-state index contributed by atoms with van der Waals surface area (Å²) in [5.41, 5.74) is 4.42. The highest BCUT2D eigenvalue weighted by Crippen LogP contribution is 2.33. The number of methoxy groups -OCH3 is 1. The number of fused-ring (bicyclic) bond motifs is 1. The first kappa shape index (κ1) is 25.2. The van der Waals surface area contributed by atoms with Crippen LogP contribution < -0.4 is 16.8 Å². The second-order valence-electron chi connectivity index (χ2n) is 7.33. The molecule has 0 aliphatic carbocycles. The van der Waals surface area contributed by atoms with Gasteiger partial charge in [0.2, 0.25) is 0 Å². The van der Waals surface area contributed by atoms with E-state index in [2.05, 4.69) is 21.4 Å². The maximum absolute atomic E-state index is 13.5. The monoisotopic (exact) mass is 541 g/mol. The van der Waals surface area contributed by atoms with Gasteiger partial charge in [0, 0.05) is 21.0 Å². The number of halogens is 2. The number of amides is 1. The Bertz CT molecular complexity index is 1420. The predicted molar refractivity (Wildman–Crippen MR) is 137 cm³/mol. The van der Waals surface area contributed by atoms with Crippen LogP contribution in [0.4, 0.5) is 0 Å². The third kappa shape index (κ3) is 4.75. The highest BCUT2D eigenvalue weighted by molar-refractivity contribution is 9.10. The molecule has 0 fully saturated rings. The highest BCUT2D eigenvalue weighted by atomic mass is 79.9. The van der Waals surface area contributed by atoms with Gasteiger partial charge in [0.05, 0.1) is 13.7 Å². The smallest absolute Gasteiger partial charge is 0.355 e. The topological polar surface area (TPSA) is 103 Å². The molecule has 9 heteroatoms. The first-order chi connectivity index (χ1) is 15.9. The second kappa shape index (κ2) is 10.6. The number of hydrazine groups is 1. The minimum absolute atomic E-state index is 0. The fraction of sp³-hybridized carbons (Fsp3) is 0.0800. The number of hydrogen-bond donors (Lipinski definition) is 2. The normalized spacial score (nSPS) is 10.4. The number of nitrogens with two attached hydrogens (primary N) is 1. The highest BCUT2D eigenvalue weighted by Gasteiger charge is 2.24. The van der Waals surface area contributed by atoms with Crippen LogP contribution in [0.15, 0.2) is 82.1 Å². The van der Waals surface area contributed by atoms with Gasteiger partial charge in [0.15, 0.2) is 0 Å². The van der Waals surface area contributed by atoms with Crippen molar-refractivity contribution in [3.05, 3.63) is 104 Å². The first-order valence-corrected chi connectivity index (χ1v) is 10.8. The summed E-state index contributed by atoms with van der Waals surface area (Å²) in [6.45, 7) is 0.111. The number of hydrogen-bond acceptors (Lipinski definition) is 5. The summed E-state index contributed by atoms with van der Waals surface area (Å²) in [4.78, 5) is 38.3. The molecular weight excluding hydrogens is 522 g/mol. The number of esters is 1. The molecule has 174 valence electrons. The van der Waals surface area contributed by atoms with Crippen LogP contribution in [-0.4, -0.2) is 23.6 Å². The number of rotatable bonds is 5. The van der Waals surface area contributed by atoms with Crippen molar-refractivity contribution in [2.45, 2.75) is 6.54 Å². The molecule has 0 aliphatic rings. The standard InChI is InChI=1S/C25H20BrN3O4.ClH/c1-33-25(32)22-21(16-5-3-2-4-6-16)20-13-18(26)11-12-19(20)24(31)29(22)14-15-7-9-17(10-8-15)23(30)28-27;/h2-13H,14,27H2,1H3,(H,28,30);1H. The summed E-state index contributed by atoms with van der Waals surface area (Å²) in [6, 6.07) is 21.4. The van der Waals surface area contributed by atoms with Crippen molar-refractivity contribution in [2.75, 3.05) is 7.11 Å². The van der Waals surface area contributed by atoms with Crippen LogP contribution in [0.2, 0.25) is 0 Å². The van der Waals surface area contributed by atoms with Crippen molar-refractivity contribution in [1.82, 2.24) is 9.99 Å². The third-order valence-corrected chi connectivity index (χ3v) is 5.86. The molecule has 1 amide bonds. The maximum atomic E-state index is 13.5. The molecule has 0 bridgehead atoms. The van der Waals surface area contributed by atoms with Gasteiger partial charge in [-0.3, -0.25) is 19.6 Å². The number of benzene rings is 3. The molecule has 0 unspecified atom stereocenters. The quantitative estimate of drug-likeness (QED) is 0.169. The molecule has 3 aromatic carbocycles. The summed E-state index contributed by atoms with van der Waals surface area (Å²) in [5.74, 6) is 4.15. The summed E-state index contributed by atoms with van der Waals surface area (Å²) >= 11 is 3.47. The summed E-state index contributed by atoms with van der Waals surface area (Å²) < 4.78 is 7.30. The van der Waals surface area contributed by atoms with E-state index in [0.717, 1.165) is 15.6 Å². The van der Waals surface area contributed by atoms with Crippen molar-refractivity contribution in [3.63, 3.8) is 0 Å². The van der Waals surface area contributed by atoms with Gasteiger partial charge in [-0.25, -0.2) is 10.6 Å². The second-order valence-corrected chi connectivity index (χ2v) is 8.25. The van der Waals surface area contributed by atoms with E-state index in [1.165, 1.54) is 11.7 Å². The Morgan fingerprint density at radius 3 is 2.29 bits per heavy atom. The van der Waals surface area contributed by atoms with Crippen LogP contribution in [0.5, 0.6) is 0 Å². The number of aromatic nitrogens is 1. The average molecular weight is 543 g/mol. The number of carbonyl (C=O) groups is 2. The Morgan fingerprint density at radius 2 is 1.68 bits per heavy atom. The molecule has 34 heavy (non-hydrogen) atoms. The van der Waals surface area contributed by atoms with Crippen LogP contribution in [0.1, 0.15) is 26.4 Å². The molecule has 0 saturated carbocycles. The maximum Gasteiger partial charge on any atom is 0.355 e. The van der Waals surface area contributed by atoms with E-state index in [0.29, 0.717) is 21.9 Å². The average Bonchev–Trinajstić information content (AvgIpc) is 2.85. The van der Waals surface area contributed by atoms with Gasteiger partial charge >= 0.3 is 5.97 Å². The fourth-order valence-corrected chi connectivity index (χ4v) is 4.16. The third-order valence-electron chi connectivity index (χ3n) is 5.36. The number of pyridine rings is 1. The van der Waals surface area contributed by atoms with Crippen molar-refractivity contribution >= 4 is 51.0 Å². The molecule has 0 saturated heterocycles. The van der Waals surface area contributed by atoms with Gasteiger partial charge in [-0.2, -0.15) is 0 Å². The summed E-state index contributed by atoms with van der Waals surface area (Å²) in [6.07, 6.45) is 0. The van der Waals surface area contributed by atoms with Crippen molar-refractivity contribution < 1.29 is 14.3 Å². The van der Waals surface area contributed by atoms with E-state index in [4.69, 9.17) is 10.6 Å². The van der Waals surface area contributed by atoms with Gasteiger partial charge < -0.3 is 4.74 Å². The van der Waals surface area contributed by atoms with E-state index < -0.39 is 11.9 Å². The molecule has 1 heterocycles. The van der Waals surface area contributed by atoms with Gasteiger partial charge in [0.25, 0.3) is 11.5 Å². The Balaban J connectivity index is 0.00000324. The van der Waals surface area contributed by atoms with E-state index in [1.54, 1.807) is 36.4 Å². The van der Waals surface area contributed by atoms with Crippen LogP contribution in [0.3, 0.4) is 0 Å². The molecular formula is C25H21BrClN3O4. The van der Waals surface area contributed by atoms with Crippen molar-refractivity contribution in [2.24, 2.45) is 5.84 Å². The van der Waals surface area contributed by atoms with E-state index in [1.807, 2.05) is 36.4 Å². The van der Waals surface area contributed by atoms with Gasteiger partial charge in [0.1, 0.15) is 5.69 Å². The number of nitrogens with zero attached hydrogens (tertiary/aromatic N) is 1. The van der Waals surface area contributed by atoms with Gasteiger partial charge in [-0.05, 0) is 46.8 Å². The van der Waals surface area contributed by atoms with Gasteiger partial charge in [-0.15, -0.1) is 12.4 Å². The lowest BCUT2D eigenvalue weighted by Gasteiger charge is -2.19. The number of ether oxygens (including phenoxy) is 1. The number of nitrogen functional groups attached to an aromatic ring is 1. The SMILES string of the molecule is COC(=O)c1c(-c2ccccc2)c2cc(Br)ccc2c(=O)n1Cc1ccc(C(=O)NN)cc1.Cl. The van der Waals surface area contributed by atoms with Crippen LogP contribution >= 0.6 is 28.3 Å². The van der Waals surface area contributed by atoms with Crippen LogP contribution in [0, 0.1) is 0 Å². The first-order valence-electron chi connectivity index (χ1n) is 10.0. The summed E-state index contributed by atoms with van der Waals surface area (Å²) in [5, 5.41) is 1.12. The largest absolute Gasteiger partial charge is 0.464 e. The lowest BCUT2D eigenvalue weighted by atomic mass is 9.96. The summed E-state index contributed by atoms with van der Waals surface area (Å²) in [7, 11) is 1.29. The van der Waals surface area contributed by atoms with Gasteiger partial charge in [-0.1, -0.05) is 58.4 Å². The van der Waals surface area contributed by atoms with Crippen molar-refractivity contribution in [3.8, 4) is 11.1 Å². The number of nitrogens with one attached hydrogen (secondary N) is 1. The predicted octanol–water partition coefficient (Wildman–Crippen LogP) is 4.29. The molecule has 0 spiro atoms. The molecule has 3 N–H and O–H groups in total. The lowest BCUT2D eigenvalue weighted by molar-refractivity contribution is 0.0588. The van der Waals surface area contributed by atoms with E-state index in [-0.39, 0.29) is 30.2 Å². The Kier molecular flexibility index (Phi) is 7.88. The van der Waals surface area contributed by atoms with E-state index in [9.17, 15) is 14.4 Å². The van der Waals surface area contributed by atoms with E-state index >= 15 is 0 Å². The Labute approximate surface area is 210 Å². The molecule has 0 atom stereocenters. The lowest BCUT2D eigenvalue weighted by Crippen LogP contribution is -2.30. The molecule has 0 radical (unpaired) electrons. The zero-order valence-electron chi connectivity index (χ0n) is 18.1. The molecule has 0 aliphatic heterocycles. The van der Waals surface area contributed by atoms with Crippen LogP contribution in [0.25, 0.3) is 21.9 Å². The minimum Gasteiger partial charge on any atom is -0.464 e. The van der Waals surface area contributed by atoms with Crippen LogP contribution in [-0.2, 0) is 11.3 Å². The van der Waals surface area contributed by atoms with Crippen molar-refractivity contribution in [1.29, 1.82) is 0 Å². The molecule has 7 nitrogen and oxygen atoms in total.